The second kappa shape index (κ2) is 7.23. The summed E-state index contributed by atoms with van der Waals surface area (Å²) in [7, 11) is -1.37. The number of aromatic nitrogens is 3. The molecule has 0 N–H and O–H groups in total. The van der Waals surface area contributed by atoms with E-state index >= 15 is 0 Å². The van der Waals surface area contributed by atoms with Crippen LogP contribution in [0.25, 0.3) is 5.65 Å². The van der Waals surface area contributed by atoms with Crippen LogP contribution in [0.2, 0.25) is 0 Å². The highest BCUT2D eigenvalue weighted by Crippen LogP contribution is 2.24. The van der Waals surface area contributed by atoms with Gasteiger partial charge in [0.1, 0.15) is 0 Å². The predicted octanol–water partition coefficient (Wildman–Crippen LogP) is 1.61. The van der Waals surface area contributed by atoms with Crippen LogP contribution in [0.1, 0.15) is 11.1 Å². The number of nitrogens with zero attached hydrogens (tertiary/aromatic N) is 6. The number of hydrogen-bond acceptors (Lipinski definition) is 8. The minimum Gasteiger partial charge on any atom is -0.481 e. The van der Waals surface area contributed by atoms with Crippen LogP contribution < -0.4 is 4.74 Å². The first-order valence-electron chi connectivity index (χ1n) is 7.90. The van der Waals surface area contributed by atoms with E-state index in [1.54, 1.807) is 19.2 Å². The lowest BCUT2D eigenvalue weighted by Gasteiger charge is -2.15. The van der Waals surface area contributed by atoms with Crippen molar-refractivity contribution >= 4 is 27.6 Å². The van der Waals surface area contributed by atoms with Gasteiger partial charge in [0.25, 0.3) is 15.7 Å². The third-order valence-corrected chi connectivity index (χ3v) is 5.73. The normalized spacial score (nSPS) is 11.8. The molecule has 1 aromatic carbocycles. The molecular weight excluding hydrogens is 388 g/mol. The number of fused-ring (bicyclic) bond motifs is 1. The van der Waals surface area contributed by atoms with Crippen LogP contribution in [-0.4, -0.2) is 52.7 Å². The van der Waals surface area contributed by atoms with E-state index in [1.165, 1.54) is 43.2 Å². The topological polar surface area (TPSA) is 132 Å². The second-order valence-corrected chi connectivity index (χ2v) is 7.65. The molecule has 12 heteroatoms. The number of hydrazone groups is 1. The highest BCUT2D eigenvalue weighted by atomic mass is 32.2. The van der Waals surface area contributed by atoms with Crippen molar-refractivity contribution in [1.29, 1.82) is 0 Å². The molecule has 0 fully saturated rings. The Morgan fingerprint density at radius 1 is 1.36 bits per heavy atom. The van der Waals surface area contributed by atoms with E-state index in [0.29, 0.717) is 22.7 Å². The monoisotopic (exact) mass is 404 g/mol. The Balaban J connectivity index is 1.95. The average Bonchev–Trinajstić information content (AvgIpc) is 3.08. The van der Waals surface area contributed by atoms with Crippen LogP contribution in [0.5, 0.6) is 5.88 Å². The summed E-state index contributed by atoms with van der Waals surface area (Å²) in [6, 6.07) is 5.26. The van der Waals surface area contributed by atoms with E-state index in [0.717, 1.165) is 10.5 Å². The molecule has 0 spiro atoms. The predicted molar refractivity (Wildman–Crippen MR) is 99.9 cm³/mol. The fourth-order valence-corrected chi connectivity index (χ4v) is 3.60. The number of methoxy groups -OCH3 is 1. The van der Waals surface area contributed by atoms with Crippen LogP contribution in [-0.2, 0) is 10.0 Å². The van der Waals surface area contributed by atoms with Crippen LogP contribution in [0.4, 0.5) is 5.69 Å². The van der Waals surface area contributed by atoms with Gasteiger partial charge in [-0.05, 0) is 12.5 Å². The summed E-state index contributed by atoms with van der Waals surface area (Å²) in [5.41, 5.74) is 0.952. The van der Waals surface area contributed by atoms with Crippen LogP contribution in [0.3, 0.4) is 0 Å². The van der Waals surface area contributed by atoms with Gasteiger partial charge in [-0.3, -0.25) is 10.1 Å². The number of rotatable bonds is 6. The number of sulfonamides is 1. The number of nitro benzene ring substituents is 1. The van der Waals surface area contributed by atoms with Gasteiger partial charge in [-0.25, -0.2) is 4.52 Å². The summed E-state index contributed by atoms with van der Waals surface area (Å²) >= 11 is 0. The lowest BCUT2D eigenvalue weighted by molar-refractivity contribution is -0.385. The number of nitro groups is 1. The highest BCUT2D eigenvalue weighted by Gasteiger charge is 2.24. The van der Waals surface area contributed by atoms with Crippen molar-refractivity contribution in [2.45, 2.75) is 11.8 Å². The van der Waals surface area contributed by atoms with Gasteiger partial charge in [0.2, 0.25) is 5.88 Å². The molecule has 11 nitrogen and oxygen atoms in total. The quantitative estimate of drug-likeness (QED) is 0.346. The van der Waals surface area contributed by atoms with Crippen molar-refractivity contribution in [1.82, 2.24) is 19.0 Å². The van der Waals surface area contributed by atoms with Gasteiger partial charge >= 0.3 is 0 Å². The van der Waals surface area contributed by atoms with Gasteiger partial charge < -0.3 is 4.74 Å². The van der Waals surface area contributed by atoms with Crippen molar-refractivity contribution < 1.29 is 18.1 Å². The van der Waals surface area contributed by atoms with Gasteiger partial charge in [-0.2, -0.15) is 28.0 Å². The smallest absolute Gasteiger partial charge is 0.279 e. The number of ether oxygens (including phenoxy) is 1. The fourth-order valence-electron chi connectivity index (χ4n) is 2.40. The Bertz CT molecular complexity index is 1190. The highest BCUT2D eigenvalue weighted by molar-refractivity contribution is 7.89. The Kier molecular flexibility index (Phi) is 4.96. The molecule has 3 rings (SSSR count). The summed E-state index contributed by atoms with van der Waals surface area (Å²) in [6.07, 6.45) is 4.41. The lowest BCUT2D eigenvalue weighted by atomic mass is 10.2. The molecule has 0 amide bonds. The molecular formula is C16H16N6O5S. The van der Waals surface area contributed by atoms with E-state index in [4.69, 9.17) is 4.74 Å². The third kappa shape index (κ3) is 3.49. The molecule has 2 aromatic heterocycles. The van der Waals surface area contributed by atoms with Gasteiger partial charge in [0, 0.05) is 31.4 Å². The van der Waals surface area contributed by atoms with Gasteiger partial charge in [-0.1, -0.05) is 6.07 Å². The molecule has 0 aliphatic carbocycles. The Morgan fingerprint density at radius 2 is 2.11 bits per heavy atom. The van der Waals surface area contributed by atoms with Crippen molar-refractivity contribution in [3.8, 4) is 5.88 Å². The standard InChI is InChI=1S/C16H16N6O5S/c1-11-4-5-13(22(23)24)8-14(11)28(25,26)20(2)17-9-12-10-18-21-7-6-15(27-3)19-16(12)21/h4-10H,1-3H3/b17-9+. The summed E-state index contributed by atoms with van der Waals surface area (Å²) in [5.74, 6) is 0.371. The molecule has 3 aromatic rings. The Hall–Kier alpha value is -3.54. The minimum absolute atomic E-state index is 0.194. The molecule has 0 aliphatic rings. The molecule has 0 bridgehead atoms. The zero-order valence-corrected chi connectivity index (χ0v) is 16.0. The molecule has 0 saturated carbocycles. The summed E-state index contributed by atoms with van der Waals surface area (Å²) in [5, 5.41) is 19.0. The average molecular weight is 404 g/mol. The largest absolute Gasteiger partial charge is 0.481 e. The molecule has 0 saturated heterocycles. The van der Waals surface area contributed by atoms with Crippen molar-refractivity contribution in [3.05, 3.63) is 57.9 Å². The SMILES string of the molecule is COc1ccn2ncc(/C=N/N(C)S(=O)(=O)c3cc([N+](=O)[O-])ccc3C)c2n1. The van der Waals surface area contributed by atoms with E-state index in [1.807, 2.05) is 0 Å². The molecule has 0 unspecified atom stereocenters. The molecule has 0 atom stereocenters. The molecule has 0 aliphatic heterocycles. The van der Waals surface area contributed by atoms with E-state index in [9.17, 15) is 18.5 Å². The summed E-state index contributed by atoms with van der Waals surface area (Å²) in [4.78, 5) is 14.4. The fraction of sp³-hybridized carbons (Fsp3) is 0.188. The maximum absolute atomic E-state index is 12.8. The number of benzene rings is 1. The van der Waals surface area contributed by atoms with E-state index < -0.39 is 14.9 Å². The lowest BCUT2D eigenvalue weighted by Crippen LogP contribution is -2.22. The molecule has 0 radical (unpaired) electrons. The summed E-state index contributed by atoms with van der Waals surface area (Å²) < 4.78 is 32.9. The first-order valence-corrected chi connectivity index (χ1v) is 9.34. The van der Waals surface area contributed by atoms with E-state index in [2.05, 4.69) is 15.2 Å². The maximum Gasteiger partial charge on any atom is 0.279 e. The molecule has 28 heavy (non-hydrogen) atoms. The minimum atomic E-state index is -4.09. The van der Waals surface area contributed by atoms with Crippen LogP contribution in [0, 0.1) is 17.0 Å². The molecule has 146 valence electrons. The van der Waals surface area contributed by atoms with Crippen molar-refractivity contribution in [2.75, 3.05) is 14.2 Å². The van der Waals surface area contributed by atoms with Crippen molar-refractivity contribution in [3.63, 3.8) is 0 Å². The Morgan fingerprint density at radius 3 is 2.79 bits per heavy atom. The zero-order chi connectivity index (χ0) is 20.5. The number of hydrogen-bond donors (Lipinski definition) is 0. The maximum atomic E-state index is 12.8. The third-order valence-electron chi connectivity index (χ3n) is 3.95. The van der Waals surface area contributed by atoms with E-state index in [-0.39, 0.29) is 10.6 Å². The van der Waals surface area contributed by atoms with Crippen molar-refractivity contribution in [2.24, 2.45) is 5.10 Å². The first-order chi connectivity index (χ1) is 13.2. The van der Waals surface area contributed by atoms with Crippen LogP contribution >= 0.6 is 0 Å². The van der Waals surface area contributed by atoms with Gasteiger partial charge in [-0.15, -0.1) is 0 Å². The Labute approximate surface area is 160 Å². The zero-order valence-electron chi connectivity index (χ0n) is 15.2. The van der Waals surface area contributed by atoms with Gasteiger partial charge in [0.05, 0.1) is 34.9 Å². The number of non-ortho nitro benzene ring substituents is 1. The first kappa shape index (κ1) is 19.2. The second-order valence-electron chi connectivity index (χ2n) is 5.73. The summed E-state index contributed by atoms with van der Waals surface area (Å²) in [6.45, 7) is 1.55. The molecule has 2 heterocycles. The number of aryl methyl sites for hydroxylation is 1. The van der Waals surface area contributed by atoms with Gasteiger partial charge in [0.15, 0.2) is 5.65 Å². The van der Waals surface area contributed by atoms with Crippen LogP contribution in [0.15, 0.2) is 46.7 Å².